The topological polar surface area (TPSA) is 38.0 Å². The quantitative estimate of drug-likeness (QED) is 0.508. The number of rotatable bonds is 3. The first-order valence-electron chi connectivity index (χ1n) is 5.82. The van der Waals surface area contributed by atoms with Crippen LogP contribution < -0.4 is 11.3 Å². The number of allylic oxidation sites excluding steroid dienone is 1. The van der Waals surface area contributed by atoms with Crippen LogP contribution >= 0.6 is 15.9 Å². The van der Waals surface area contributed by atoms with Crippen LogP contribution in [-0.2, 0) is 0 Å². The van der Waals surface area contributed by atoms with Crippen molar-refractivity contribution < 1.29 is 4.39 Å². The molecular formula is C13H16BrFN2. The molecule has 0 bridgehead atoms. The van der Waals surface area contributed by atoms with Crippen LogP contribution in [0.2, 0.25) is 0 Å². The predicted molar refractivity (Wildman–Crippen MR) is 70.7 cm³/mol. The Morgan fingerprint density at radius 2 is 2.18 bits per heavy atom. The number of nitrogens with one attached hydrogen (secondary N) is 1. The molecule has 1 aromatic rings. The van der Waals surface area contributed by atoms with E-state index in [-0.39, 0.29) is 11.9 Å². The lowest BCUT2D eigenvalue weighted by atomic mass is 9.90. The maximum Gasteiger partial charge on any atom is 0.137 e. The molecule has 17 heavy (non-hydrogen) atoms. The molecule has 92 valence electrons. The van der Waals surface area contributed by atoms with Gasteiger partial charge in [-0.2, -0.15) is 0 Å². The van der Waals surface area contributed by atoms with Gasteiger partial charge in [0.05, 0.1) is 10.5 Å². The van der Waals surface area contributed by atoms with Crippen LogP contribution in [-0.4, -0.2) is 0 Å². The summed E-state index contributed by atoms with van der Waals surface area (Å²) in [4.78, 5) is 0. The molecule has 1 atom stereocenters. The molecule has 0 spiro atoms. The van der Waals surface area contributed by atoms with E-state index in [0.29, 0.717) is 4.47 Å². The van der Waals surface area contributed by atoms with Crippen molar-refractivity contribution in [1.29, 1.82) is 0 Å². The zero-order chi connectivity index (χ0) is 12.3. The van der Waals surface area contributed by atoms with Gasteiger partial charge in [-0.1, -0.05) is 17.7 Å². The van der Waals surface area contributed by atoms with Crippen molar-refractivity contribution in [3.8, 4) is 0 Å². The van der Waals surface area contributed by atoms with Gasteiger partial charge < -0.3 is 0 Å². The second kappa shape index (κ2) is 5.76. The maximum atomic E-state index is 13.5. The van der Waals surface area contributed by atoms with E-state index in [1.165, 1.54) is 24.5 Å². The number of nitrogens with two attached hydrogens (primary N) is 1. The monoisotopic (exact) mass is 298 g/mol. The van der Waals surface area contributed by atoms with Crippen LogP contribution in [0.1, 0.15) is 37.3 Å². The zero-order valence-corrected chi connectivity index (χ0v) is 11.1. The summed E-state index contributed by atoms with van der Waals surface area (Å²) in [6.45, 7) is 0. The lowest BCUT2D eigenvalue weighted by Crippen LogP contribution is -2.30. The van der Waals surface area contributed by atoms with Gasteiger partial charge in [-0.25, -0.2) is 9.82 Å². The predicted octanol–water partition coefficient (Wildman–Crippen LogP) is 3.59. The molecule has 0 aliphatic heterocycles. The van der Waals surface area contributed by atoms with Crippen molar-refractivity contribution in [2.24, 2.45) is 5.84 Å². The molecule has 2 nitrogen and oxygen atoms in total. The molecule has 1 aliphatic rings. The summed E-state index contributed by atoms with van der Waals surface area (Å²) < 4.78 is 14.0. The standard InChI is InChI=1S/C13H16BrFN2/c14-11-7-6-10(8-12(11)15)13(17-16)9-4-2-1-3-5-9/h4,6-8,13,17H,1-3,5,16H2. The Hall–Kier alpha value is -0.710. The van der Waals surface area contributed by atoms with Gasteiger partial charge in [0.25, 0.3) is 0 Å². The average molecular weight is 299 g/mol. The number of halogens is 2. The highest BCUT2D eigenvalue weighted by Gasteiger charge is 2.17. The molecule has 1 unspecified atom stereocenters. The Kier molecular flexibility index (Phi) is 4.31. The molecule has 0 saturated carbocycles. The van der Waals surface area contributed by atoms with Gasteiger partial charge in [0.2, 0.25) is 0 Å². The van der Waals surface area contributed by atoms with E-state index in [0.717, 1.165) is 18.4 Å². The van der Waals surface area contributed by atoms with Gasteiger partial charge >= 0.3 is 0 Å². The molecule has 1 aromatic carbocycles. The number of hydrazine groups is 1. The fourth-order valence-electron chi connectivity index (χ4n) is 2.23. The summed E-state index contributed by atoms with van der Waals surface area (Å²) in [6, 6.07) is 5.08. The van der Waals surface area contributed by atoms with Crippen LogP contribution in [0.15, 0.2) is 34.3 Å². The molecule has 0 heterocycles. The van der Waals surface area contributed by atoms with Crippen molar-refractivity contribution >= 4 is 15.9 Å². The van der Waals surface area contributed by atoms with Crippen molar-refractivity contribution in [3.05, 3.63) is 45.7 Å². The van der Waals surface area contributed by atoms with Crippen molar-refractivity contribution in [2.75, 3.05) is 0 Å². The van der Waals surface area contributed by atoms with Gasteiger partial charge in [-0.15, -0.1) is 0 Å². The molecule has 0 amide bonds. The smallest absolute Gasteiger partial charge is 0.137 e. The molecule has 0 fully saturated rings. The molecule has 0 saturated heterocycles. The van der Waals surface area contributed by atoms with E-state index >= 15 is 0 Å². The number of hydrogen-bond acceptors (Lipinski definition) is 2. The largest absolute Gasteiger partial charge is 0.271 e. The van der Waals surface area contributed by atoms with Crippen molar-refractivity contribution in [2.45, 2.75) is 31.7 Å². The van der Waals surface area contributed by atoms with E-state index in [1.54, 1.807) is 6.07 Å². The number of benzene rings is 1. The Morgan fingerprint density at radius 1 is 1.35 bits per heavy atom. The lowest BCUT2D eigenvalue weighted by molar-refractivity contribution is 0.558. The van der Waals surface area contributed by atoms with E-state index in [2.05, 4.69) is 27.4 Å². The van der Waals surface area contributed by atoms with Crippen LogP contribution in [0.25, 0.3) is 0 Å². The second-order valence-corrected chi connectivity index (χ2v) is 5.15. The first-order valence-corrected chi connectivity index (χ1v) is 6.61. The highest BCUT2D eigenvalue weighted by molar-refractivity contribution is 9.10. The van der Waals surface area contributed by atoms with E-state index < -0.39 is 0 Å². The van der Waals surface area contributed by atoms with Crippen LogP contribution in [0.4, 0.5) is 4.39 Å². The van der Waals surface area contributed by atoms with E-state index in [4.69, 9.17) is 5.84 Å². The highest BCUT2D eigenvalue weighted by Crippen LogP contribution is 2.30. The fourth-order valence-corrected chi connectivity index (χ4v) is 2.48. The van der Waals surface area contributed by atoms with Crippen molar-refractivity contribution in [3.63, 3.8) is 0 Å². The highest BCUT2D eigenvalue weighted by atomic mass is 79.9. The minimum Gasteiger partial charge on any atom is -0.271 e. The van der Waals surface area contributed by atoms with Crippen LogP contribution in [0.5, 0.6) is 0 Å². The van der Waals surface area contributed by atoms with E-state index in [1.807, 2.05) is 6.07 Å². The summed E-state index contributed by atoms with van der Waals surface area (Å²) in [7, 11) is 0. The molecule has 3 N–H and O–H groups in total. The molecule has 4 heteroatoms. The zero-order valence-electron chi connectivity index (χ0n) is 9.55. The molecule has 2 rings (SSSR count). The minimum absolute atomic E-state index is 0.0714. The molecular weight excluding hydrogens is 283 g/mol. The van der Waals surface area contributed by atoms with Gasteiger partial charge in [0.15, 0.2) is 0 Å². The lowest BCUT2D eigenvalue weighted by Gasteiger charge is -2.23. The Balaban J connectivity index is 2.28. The van der Waals surface area contributed by atoms with Gasteiger partial charge in [-0.05, 0) is 59.3 Å². The Labute approximate surface area is 109 Å². The minimum atomic E-state index is -0.251. The first-order chi connectivity index (χ1) is 8.22. The Bertz CT molecular complexity index is 431. The summed E-state index contributed by atoms with van der Waals surface area (Å²) in [5.41, 5.74) is 4.93. The summed E-state index contributed by atoms with van der Waals surface area (Å²) in [5.74, 6) is 5.35. The third-order valence-electron chi connectivity index (χ3n) is 3.14. The van der Waals surface area contributed by atoms with E-state index in [9.17, 15) is 4.39 Å². The SMILES string of the molecule is NNC(C1=CCCCC1)c1ccc(Br)c(F)c1. The van der Waals surface area contributed by atoms with Gasteiger partial charge in [0.1, 0.15) is 5.82 Å². The molecule has 0 aromatic heterocycles. The van der Waals surface area contributed by atoms with Crippen LogP contribution in [0.3, 0.4) is 0 Å². The third-order valence-corrected chi connectivity index (χ3v) is 3.78. The Morgan fingerprint density at radius 3 is 2.76 bits per heavy atom. The normalized spacial score (nSPS) is 17.7. The summed E-state index contributed by atoms with van der Waals surface area (Å²) >= 11 is 3.16. The van der Waals surface area contributed by atoms with Gasteiger partial charge in [-0.3, -0.25) is 5.84 Å². The number of hydrogen-bond donors (Lipinski definition) is 2. The summed E-state index contributed by atoms with van der Waals surface area (Å²) in [5, 5.41) is 0. The molecule has 1 aliphatic carbocycles. The summed E-state index contributed by atoms with van der Waals surface area (Å²) in [6.07, 6.45) is 6.76. The van der Waals surface area contributed by atoms with Crippen molar-refractivity contribution in [1.82, 2.24) is 5.43 Å². The molecule has 0 radical (unpaired) electrons. The fraction of sp³-hybridized carbons (Fsp3) is 0.385. The average Bonchev–Trinajstić information content (AvgIpc) is 2.36. The van der Waals surface area contributed by atoms with Gasteiger partial charge in [0, 0.05) is 0 Å². The third kappa shape index (κ3) is 2.94. The first kappa shape index (κ1) is 12.7. The second-order valence-electron chi connectivity index (χ2n) is 4.30. The van der Waals surface area contributed by atoms with Crippen LogP contribution in [0, 0.1) is 5.82 Å². The maximum absolute atomic E-state index is 13.5.